The Balaban J connectivity index is 2.01. The van der Waals surface area contributed by atoms with Gasteiger partial charge in [-0.2, -0.15) is 13.5 Å². The molecule has 1 aromatic heterocycles. The molecular weight excluding hydrogens is 330 g/mol. The van der Waals surface area contributed by atoms with Crippen LogP contribution in [-0.4, -0.2) is 30.0 Å². The molecule has 10 nitrogen and oxygen atoms in total. The Kier molecular flexibility index (Phi) is 4.52. The number of carbonyl (C=O) groups is 1. The SMILES string of the molecule is O=C(N/N=C\c1ccc(S(=O)(=O)O)o1)c1ccc([N+](=O)[O-])cc1. The summed E-state index contributed by atoms with van der Waals surface area (Å²) in [6, 6.07) is 7.10. The lowest BCUT2D eigenvalue weighted by Gasteiger charge is -1.98. The predicted molar refractivity (Wildman–Crippen MR) is 76.7 cm³/mol. The van der Waals surface area contributed by atoms with E-state index in [2.05, 4.69) is 10.5 Å². The molecule has 0 unspecified atom stereocenters. The van der Waals surface area contributed by atoms with E-state index < -0.39 is 26.0 Å². The van der Waals surface area contributed by atoms with Crippen LogP contribution in [0.5, 0.6) is 0 Å². The van der Waals surface area contributed by atoms with Crippen molar-refractivity contribution in [1.29, 1.82) is 0 Å². The van der Waals surface area contributed by atoms with Gasteiger partial charge in [0, 0.05) is 17.7 Å². The van der Waals surface area contributed by atoms with Crippen molar-refractivity contribution in [2.24, 2.45) is 5.10 Å². The number of nitrogens with zero attached hydrogens (tertiary/aromatic N) is 2. The van der Waals surface area contributed by atoms with Crippen LogP contribution in [0.1, 0.15) is 16.1 Å². The minimum absolute atomic E-state index is 0.0124. The lowest BCUT2D eigenvalue weighted by molar-refractivity contribution is -0.384. The fourth-order valence-corrected chi connectivity index (χ4v) is 1.94. The number of carbonyl (C=O) groups excluding carboxylic acids is 1. The molecule has 0 aliphatic rings. The maximum absolute atomic E-state index is 11.7. The van der Waals surface area contributed by atoms with Gasteiger partial charge < -0.3 is 4.42 Å². The molecule has 2 aromatic rings. The van der Waals surface area contributed by atoms with Crippen molar-refractivity contribution in [1.82, 2.24) is 5.43 Å². The number of nitro benzene ring substituents is 1. The van der Waals surface area contributed by atoms with E-state index >= 15 is 0 Å². The Morgan fingerprint density at radius 1 is 1.26 bits per heavy atom. The molecule has 1 aromatic carbocycles. The highest BCUT2D eigenvalue weighted by Crippen LogP contribution is 2.12. The summed E-state index contributed by atoms with van der Waals surface area (Å²) >= 11 is 0. The van der Waals surface area contributed by atoms with E-state index in [9.17, 15) is 23.3 Å². The van der Waals surface area contributed by atoms with Crippen LogP contribution in [0.2, 0.25) is 0 Å². The van der Waals surface area contributed by atoms with E-state index in [0.717, 1.165) is 12.3 Å². The molecule has 0 fully saturated rings. The monoisotopic (exact) mass is 339 g/mol. The van der Waals surface area contributed by atoms with Crippen molar-refractivity contribution in [3.05, 3.63) is 57.8 Å². The summed E-state index contributed by atoms with van der Waals surface area (Å²) in [5.74, 6) is -0.640. The van der Waals surface area contributed by atoms with Crippen LogP contribution >= 0.6 is 0 Å². The van der Waals surface area contributed by atoms with Crippen molar-refractivity contribution >= 4 is 27.9 Å². The average molecular weight is 339 g/mol. The molecule has 0 spiro atoms. The number of nitrogens with one attached hydrogen (secondary N) is 1. The fourth-order valence-electron chi connectivity index (χ4n) is 1.50. The summed E-state index contributed by atoms with van der Waals surface area (Å²) < 4.78 is 35.1. The number of rotatable bonds is 5. The molecule has 0 radical (unpaired) electrons. The molecule has 0 saturated carbocycles. The van der Waals surface area contributed by atoms with Gasteiger partial charge in [0.05, 0.1) is 11.1 Å². The third kappa shape index (κ3) is 4.21. The third-order valence-electron chi connectivity index (χ3n) is 2.55. The second kappa shape index (κ2) is 6.37. The Bertz CT molecular complexity index is 868. The molecule has 2 N–H and O–H groups in total. The van der Waals surface area contributed by atoms with E-state index in [1.54, 1.807) is 0 Å². The van der Waals surface area contributed by atoms with Crippen LogP contribution < -0.4 is 5.43 Å². The molecule has 0 aliphatic carbocycles. The van der Waals surface area contributed by atoms with Crippen molar-refractivity contribution in [2.45, 2.75) is 5.09 Å². The summed E-state index contributed by atoms with van der Waals surface area (Å²) in [4.78, 5) is 21.6. The first-order valence-corrected chi connectivity index (χ1v) is 7.36. The predicted octanol–water partition coefficient (Wildman–Crippen LogP) is 1.20. The summed E-state index contributed by atoms with van der Waals surface area (Å²) in [5, 5.41) is 13.4. The smallest absolute Gasteiger partial charge is 0.328 e. The molecule has 120 valence electrons. The summed E-state index contributed by atoms with van der Waals surface area (Å²) in [7, 11) is -4.45. The lowest BCUT2D eigenvalue weighted by atomic mass is 10.2. The minimum atomic E-state index is -4.45. The van der Waals surface area contributed by atoms with Gasteiger partial charge in [-0.25, -0.2) is 5.43 Å². The Morgan fingerprint density at radius 2 is 1.91 bits per heavy atom. The van der Waals surface area contributed by atoms with E-state index in [4.69, 9.17) is 8.97 Å². The van der Waals surface area contributed by atoms with Crippen LogP contribution in [0.3, 0.4) is 0 Å². The van der Waals surface area contributed by atoms with Crippen molar-refractivity contribution in [2.75, 3.05) is 0 Å². The molecule has 1 amide bonds. The van der Waals surface area contributed by atoms with Gasteiger partial charge in [-0.1, -0.05) is 0 Å². The second-order valence-corrected chi connectivity index (χ2v) is 5.49. The first-order valence-electron chi connectivity index (χ1n) is 5.92. The quantitative estimate of drug-likeness (QED) is 0.359. The molecule has 11 heteroatoms. The number of benzene rings is 1. The number of hydrogen-bond donors (Lipinski definition) is 2. The van der Waals surface area contributed by atoms with Crippen molar-refractivity contribution in [3.63, 3.8) is 0 Å². The Hall–Kier alpha value is -3.05. The van der Waals surface area contributed by atoms with Crippen molar-refractivity contribution < 1.29 is 27.1 Å². The second-order valence-electron chi connectivity index (χ2n) is 4.13. The molecule has 1 heterocycles. The van der Waals surface area contributed by atoms with Crippen LogP contribution in [-0.2, 0) is 10.1 Å². The maximum Gasteiger partial charge on any atom is 0.328 e. The molecule has 0 aliphatic heterocycles. The van der Waals surface area contributed by atoms with Crippen LogP contribution in [0.25, 0.3) is 0 Å². The van der Waals surface area contributed by atoms with Gasteiger partial charge in [-0.3, -0.25) is 19.5 Å². The summed E-state index contributed by atoms with van der Waals surface area (Å²) in [5.41, 5.74) is 2.12. The number of furan rings is 1. The topological polar surface area (TPSA) is 152 Å². The number of hydrazone groups is 1. The highest BCUT2D eigenvalue weighted by molar-refractivity contribution is 7.85. The molecule has 0 bridgehead atoms. The Morgan fingerprint density at radius 3 is 2.43 bits per heavy atom. The highest BCUT2D eigenvalue weighted by atomic mass is 32.2. The zero-order chi connectivity index (χ0) is 17.0. The lowest BCUT2D eigenvalue weighted by Crippen LogP contribution is -2.17. The first kappa shape index (κ1) is 16.3. The van der Waals surface area contributed by atoms with Gasteiger partial charge in [-0.15, -0.1) is 0 Å². The summed E-state index contributed by atoms with van der Waals surface area (Å²) in [6.07, 6.45) is 1.03. The zero-order valence-corrected chi connectivity index (χ0v) is 12.1. The number of hydrogen-bond acceptors (Lipinski definition) is 7. The minimum Gasteiger partial charge on any atom is -0.441 e. The summed E-state index contributed by atoms with van der Waals surface area (Å²) in [6.45, 7) is 0. The van der Waals surface area contributed by atoms with Gasteiger partial charge in [-0.05, 0) is 24.3 Å². The third-order valence-corrected chi connectivity index (χ3v) is 3.28. The van der Waals surface area contributed by atoms with Gasteiger partial charge in [0.2, 0.25) is 5.09 Å². The van der Waals surface area contributed by atoms with E-state index in [1.807, 2.05) is 0 Å². The van der Waals surface area contributed by atoms with Crippen LogP contribution in [0.4, 0.5) is 5.69 Å². The largest absolute Gasteiger partial charge is 0.441 e. The maximum atomic E-state index is 11.7. The molecule has 0 saturated heterocycles. The number of amides is 1. The first-order chi connectivity index (χ1) is 10.8. The fraction of sp³-hybridized carbons (Fsp3) is 0. The molecule has 0 atom stereocenters. The van der Waals surface area contributed by atoms with Gasteiger partial charge in [0.25, 0.3) is 11.6 Å². The average Bonchev–Trinajstić information content (AvgIpc) is 2.96. The van der Waals surface area contributed by atoms with Crippen LogP contribution in [0, 0.1) is 10.1 Å². The molecular formula is C12H9N3O7S. The van der Waals surface area contributed by atoms with Gasteiger partial charge in [0.1, 0.15) is 5.76 Å². The number of non-ortho nitro benzene ring substituents is 1. The number of nitro groups is 1. The van der Waals surface area contributed by atoms with Crippen LogP contribution in [0.15, 0.2) is 51.0 Å². The standard InChI is InChI=1S/C12H9N3O7S/c16-12(8-1-3-9(4-2-8)15(17)18)14-13-7-10-5-6-11(22-10)23(19,20)21/h1-7H,(H,14,16)(H,19,20,21)/b13-7-. The van der Waals surface area contributed by atoms with Gasteiger partial charge in [0.15, 0.2) is 0 Å². The van der Waals surface area contributed by atoms with E-state index in [1.165, 1.54) is 30.3 Å². The molecule has 23 heavy (non-hydrogen) atoms. The Labute approximate surface area is 129 Å². The normalized spacial score (nSPS) is 11.5. The highest BCUT2D eigenvalue weighted by Gasteiger charge is 2.14. The molecule has 2 rings (SSSR count). The van der Waals surface area contributed by atoms with Gasteiger partial charge >= 0.3 is 10.1 Å². The van der Waals surface area contributed by atoms with E-state index in [-0.39, 0.29) is 17.0 Å². The van der Waals surface area contributed by atoms with E-state index in [0.29, 0.717) is 0 Å². The zero-order valence-electron chi connectivity index (χ0n) is 11.2. The van der Waals surface area contributed by atoms with Crippen molar-refractivity contribution in [3.8, 4) is 0 Å².